The molecule has 106 valence electrons. The Bertz CT molecular complexity index is 446. The quantitative estimate of drug-likeness (QED) is 0.792. The van der Waals surface area contributed by atoms with Crippen LogP contribution in [-0.4, -0.2) is 23.5 Å². The van der Waals surface area contributed by atoms with Crippen LogP contribution in [0.15, 0.2) is 0 Å². The Labute approximate surface area is 118 Å². The summed E-state index contributed by atoms with van der Waals surface area (Å²) in [6.45, 7) is 5.00. The Morgan fingerprint density at radius 3 is 3.00 bits per heavy atom. The minimum Gasteiger partial charge on any atom is -0.382 e. The number of carbonyl (C=O) groups is 1. The van der Waals surface area contributed by atoms with Crippen molar-refractivity contribution in [3.05, 3.63) is 4.88 Å². The highest BCUT2D eigenvalue weighted by Gasteiger charge is 2.23. The van der Waals surface area contributed by atoms with E-state index in [1.807, 2.05) is 6.92 Å². The molecule has 1 fully saturated rings. The monoisotopic (exact) mass is 282 g/mol. The van der Waals surface area contributed by atoms with Crippen LogP contribution in [0, 0.1) is 5.92 Å². The van der Waals surface area contributed by atoms with Crippen molar-refractivity contribution in [1.82, 2.24) is 10.3 Å². The smallest absolute Gasteiger partial charge is 0.265 e. The van der Waals surface area contributed by atoms with Gasteiger partial charge in [-0.3, -0.25) is 4.79 Å². The Morgan fingerprint density at radius 2 is 2.32 bits per heavy atom. The number of nitrogens with one attached hydrogen (secondary N) is 2. The largest absolute Gasteiger partial charge is 0.382 e. The fourth-order valence-corrected chi connectivity index (χ4v) is 3.39. The number of hydrogen-bond acceptors (Lipinski definition) is 5. The third-order valence-corrected chi connectivity index (χ3v) is 4.49. The standard InChI is InChI=1S/C13H22N4OS/c1-3-15-13-17-11(14)10(19-13)12(18)16-9-6-4-5-8(2)7-9/h8-9H,3-7,14H2,1-2H3,(H,15,17)(H,16,18). The summed E-state index contributed by atoms with van der Waals surface area (Å²) in [5, 5.41) is 6.88. The number of hydrogen-bond donors (Lipinski definition) is 3. The van der Waals surface area contributed by atoms with E-state index in [1.54, 1.807) is 0 Å². The first-order chi connectivity index (χ1) is 9.10. The molecule has 6 heteroatoms. The van der Waals surface area contributed by atoms with Crippen LogP contribution in [-0.2, 0) is 0 Å². The molecular formula is C13H22N4OS. The Morgan fingerprint density at radius 1 is 1.53 bits per heavy atom. The van der Waals surface area contributed by atoms with Gasteiger partial charge >= 0.3 is 0 Å². The van der Waals surface area contributed by atoms with Crippen molar-refractivity contribution in [3.8, 4) is 0 Å². The summed E-state index contributed by atoms with van der Waals surface area (Å²) in [5.41, 5.74) is 5.80. The molecule has 0 aliphatic heterocycles. The first-order valence-electron chi connectivity index (χ1n) is 6.91. The van der Waals surface area contributed by atoms with E-state index in [-0.39, 0.29) is 11.9 Å². The Hall–Kier alpha value is -1.30. The van der Waals surface area contributed by atoms with E-state index in [2.05, 4.69) is 22.5 Å². The molecule has 2 rings (SSSR count). The second kappa shape index (κ2) is 6.23. The molecule has 0 spiro atoms. The highest BCUT2D eigenvalue weighted by atomic mass is 32.1. The van der Waals surface area contributed by atoms with Crippen LogP contribution in [0.25, 0.3) is 0 Å². The first-order valence-corrected chi connectivity index (χ1v) is 7.72. The van der Waals surface area contributed by atoms with E-state index in [0.29, 0.717) is 21.7 Å². The molecule has 1 aliphatic carbocycles. The van der Waals surface area contributed by atoms with Crippen LogP contribution in [0.4, 0.5) is 10.9 Å². The number of thiazole rings is 1. The molecule has 1 heterocycles. The molecule has 0 aromatic carbocycles. The van der Waals surface area contributed by atoms with E-state index < -0.39 is 0 Å². The van der Waals surface area contributed by atoms with Crippen LogP contribution in [0.2, 0.25) is 0 Å². The highest BCUT2D eigenvalue weighted by molar-refractivity contribution is 7.18. The van der Waals surface area contributed by atoms with Gasteiger partial charge in [0.25, 0.3) is 5.91 Å². The molecule has 1 aromatic heterocycles. The van der Waals surface area contributed by atoms with E-state index in [1.165, 1.54) is 24.2 Å². The minimum absolute atomic E-state index is 0.0850. The third kappa shape index (κ3) is 3.59. The van der Waals surface area contributed by atoms with Gasteiger partial charge in [0.1, 0.15) is 10.7 Å². The highest BCUT2D eigenvalue weighted by Crippen LogP contribution is 2.27. The fraction of sp³-hybridized carbons (Fsp3) is 0.692. The van der Waals surface area contributed by atoms with Crippen molar-refractivity contribution < 1.29 is 4.79 Å². The number of carbonyl (C=O) groups excluding carboxylic acids is 1. The van der Waals surface area contributed by atoms with Gasteiger partial charge in [-0.05, 0) is 25.7 Å². The molecule has 4 N–H and O–H groups in total. The number of nitrogen functional groups attached to an aromatic ring is 1. The molecule has 5 nitrogen and oxygen atoms in total. The van der Waals surface area contributed by atoms with Crippen LogP contribution < -0.4 is 16.4 Å². The fourth-order valence-electron chi connectivity index (χ4n) is 2.54. The molecular weight excluding hydrogens is 260 g/mol. The van der Waals surface area contributed by atoms with Crippen molar-refractivity contribution in [2.45, 2.75) is 45.6 Å². The predicted molar refractivity (Wildman–Crippen MR) is 79.6 cm³/mol. The SMILES string of the molecule is CCNc1nc(N)c(C(=O)NC2CCCC(C)C2)s1. The molecule has 1 saturated carbocycles. The van der Waals surface area contributed by atoms with Gasteiger partial charge < -0.3 is 16.4 Å². The summed E-state index contributed by atoms with van der Waals surface area (Å²) in [5.74, 6) is 0.927. The number of anilines is 2. The van der Waals surface area contributed by atoms with E-state index in [4.69, 9.17) is 5.73 Å². The average Bonchev–Trinajstić information content (AvgIpc) is 2.71. The molecule has 19 heavy (non-hydrogen) atoms. The van der Waals surface area contributed by atoms with Gasteiger partial charge in [-0.1, -0.05) is 31.1 Å². The Kier molecular flexibility index (Phi) is 4.63. The van der Waals surface area contributed by atoms with Crippen LogP contribution >= 0.6 is 11.3 Å². The molecule has 0 saturated heterocycles. The van der Waals surface area contributed by atoms with Crippen LogP contribution in [0.3, 0.4) is 0 Å². The van der Waals surface area contributed by atoms with Crippen molar-refractivity contribution in [3.63, 3.8) is 0 Å². The first kappa shape index (κ1) is 14.1. The molecule has 1 aliphatic rings. The molecule has 2 atom stereocenters. The number of aromatic nitrogens is 1. The van der Waals surface area contributed by atoms with Crippen molar-refractivity contribution in [2.75, 3.05) is 17.6 Å². The van der Waals surface area contributed by atoms with Gasteiger partial charge in [0.2, 0.25) is 0 Å². The number of nitrogens with two attached hydrogens (primary N) is 1. The summed E-state index contributed by atoms with van der Waals surface area (Å²) >= 11 is 1.32. The van der Waals surface area contributed by atoms with Crippen molar-refractivity contribution in [1.29, 1.82) is 0 Å². The normalized spacial score (nSPS) is 23.1. The molecule has 0 radical (unpaired) electrons. The summed E-state index contributed by atoms with van der Waals surface area (Å²) in [6.07, 6.45) is 4.58. The lowest BCUT2D eigenvalue weighted by atomic mass is 9.87. The van der Waals surface area contributed by atoms with E-state index >= 15 is 0 Å². The molecule has 1 amide bonds. The number of rotatable bonds is 4. The van der Waals surface area contributed by atoms with Gasteiger partial charge in [-0.2, -0.15) is 0 Å². The lowest BCUT2D eigenvalue weighted by molar-refractivity contribution is 0.0926. The predicted octanol–water partition coefficient (Wildman–Crippen LogP) is 2.47. The lowest BCUT2D eigenvalue weighted by Crippen LogP contribution is -2.37. The third-order valence-electron chi connectivity index (χ3n) is 3.46. The second-order valence-corrected chi connectivity index (χ2v) is 6.20. The molecule has 1 aromatic rings. The average molecular weight is 282 g/mol. The van der Waals surface area contributed by atoms with Gasteiger partial charge in [0, 0.05) is 12.6 Å². The number of nitrogens with zero attached hydrogens (tertiary/aromatic N) is 1. The number of amides is 1. The maximum absolute atomic E-state index is 12.2. The van der Waals surface area contributed by atoms with Crippen molar-refractivity contribution in [2.24, 2.45) is 5.92 Å². The lowest BCUT2D eigenvalue weighted by Gasteiger charge is -2.27. The van der Waals surface area contributed by atoms with Crippen LogP contribution in [0.1, 0.15) is 49.2 Å². The molecule has 2 unspecified atom stereocenters. The van der Waals surface area contributed by atoms with Crippen LogP contribution in [0.5, 0.6) is 0 Å². The summed E-state index contributed by atoms with van der Waals surface area (Å²) in [4.78, 5) is 16.9. The van der Waals surface area contributed by atoms with Crippen molar-refractivity contribution >= 4 is 28.2 Å². The maximum Gasteiger partial charge on any atom is 0.265 e. The zero-order valence-corrected chi connectivity index (χ0v) is 12.3. The van der Waals surface area contributed by atoms with Gasteiger partial charge in [0.05, 0.1) is 0 Å². The van der Waals surface area contributed by atoms with E-state index in [9.17, 15) is 4.79 Å². The van der Waals surface area contributed by atoms with Gasteiger partial charge in [0.15, 0.2) is 5.13 Å². The van der Waals surface area contributed by atoms with E-state index in [0.717, 1.165) is 19.4 Å². The minimum atomic E-state index is -0.0850. The van der Waals surface area contributed by atoms with Gasteiger partial charge in [-0.15, -0.1) is 0 Å². The molecule has 0 bridgehead atoms. The maximum atomic E-state index is 12.2. The summed E-state index contributed by atoms with van der Waals surface area (Å²) in [6, 6.07) is 0.278. The topological polar surface area (TPSA) is 80.0 Å². The zero-order valence-electron chi connectivity index (χ0n) is 11.5. The summed E-state index contributed by atoms with van der Waals surface area (Å²) in [7, 11) is 0. The summed E-state index contributed by atoms with van der Waals surface area (Å²) < 4.78 is 0. The van der Waals surface area contributed by atoms with Gasteiger partial charge in [-0.25, -0.2) is 4.98 Å². The second-order valence-electron chi connectivity index (χ2n) is 5.21. The zero-order chi connectivity index (χ0) is 13.8. The Balaban J connectivity index is 1.99.